The second kappa shape index (κ2) is 6.31. The van der Waals surface area contributed by atoms with Gasteiger partial charge < -0.3 is 5.32 Å². The van der Waals surface area contributed by atoms with E-state index in [0.29, 0.717) is 12.8 Å². The molecule has 2 rings (SSSR count). The average Bonchev–Trinajstić information content (AvgIpc) is 2.38. The molecule has 0 spiro atoms. The largest absolute Gasteiger partial charge is 0.326 e. The average molecular weight is 305 g/mol. The Hall–Kier alpha value is -1.68. The number of carbonyl (C=O) groups excluding carboxylic acids is 1. The minimum atomic E-state index is 0.0111. The van der Waals surface area contributed by atoms with Crippen LogP contribution in [0.3, 0.4) is 0 Å². The van der Waals surface area contributed by atoms with Gasteiger partial charge in [0.1, 0.15) is 0 Å². The number of rotatable bonds is 4. The van der Waals surface area contributed by atoms with Crippen LogP contribution >= 0.6 is 15.9 Å². The van der Waals surface area contributed by atoms with Crippen molar-refractivity contribution in [2.75, 3.05) is 5.32 Å². The van der Waals surface area contributed by atoms with Crippen molar-refractivity contribution in [2.45, 2.75) is 12.8 Å². The molecule has 0 unspecified atom stereocenters. The third-order valence-corrected chi connectivity index (χ3v) is 2.97. The standard InChI is InChI=1S/C14H13BrN2O/c15-12-4-1-5-13(9-12)17-14(18)7-6-11-3-2-8-16-10-11/h1-5,8-10H,6-7H2,(H,17,18). The van der Waals surface area contributed by atoms with E-state index in [-0.39, 0.29) is 5.91 Å². The highest BCUT2D eigenvalue weighted by molar-refractivity contribution is 9.10. The smallest absolute Gasteiger partial charge is 0.224 e. The molecule has 1 aromatic heterocycles. The number of pyridine rings is 1. The Labute approximate surface area is 114 Å². The molecule has 0 aliphatic carbocycles. The molecule has 1 amide bonds. The van der Waals surface area contributed by atoms with Crippen LogP contribution < -0.4 is 5.32 Å². The van der Waals surface area contributed by atoms with Gasteiger partial charge in [0.15, 0.2) is 0 Å². The summed E-state index contributed by atoms with van der Waals surface area (Å²) < 4.78 is 0.951. The summed E-state index contributed by atoms with van der Waals surface area (Å²) in [5.41, 5.74) is 1.88. The van der Waals surface area contributed by atoms with Crippen molar-refractivity contribution in [3.63, 3.8) is 0 Å². The van der Waals surface area contributed by atoms with Gasteiger partial charge in [-0.3, -0.25) is 9.78 Å². The van der Waals surface area contributed by atoms with E-state index in [0.717, 1.165) is 15.7 Å². The summed E-state index contributed by atoms with van der Waals surface area (Å²) in [6, 6.07) is 11.4. The van der Waals surface area contributed by atoms with Crippen LogP contribution in [0.4, 0.5) is 5.69 Å². The first-order chi connectivity index (χ1) is 8.74. The summed E-state index contributed by atoms with van der Waals surface area (Å²) in [6.07, 6.45) is 4.67. The lowest BCUT2D eigenvalue weighted by atomic mass is 10.1. The van der Waals surface area contributed by atoms with E-state index in [1.54, 1.807) is 12.4 Å². The van der Waals surface area contributed by atoms with Crippen LogP contribution in [-0.4, -0.2) is 10.9 Å². The fourth-order valence-corrected chi connectivity index (χ4v) is 1.99. The zero-order valence-electron chi connectivity index (χ0n) is 9.77. The molecule has 0 aliphatic heterocycles. The molecule has 4 heteroatoms. The molecule has 0 atom stereocenters. The number of anilines is 1. The minimum absolute atomic E-state index is 0.0111. The van der Waals surface area contributed by atoms with Crippen molar-refractivity contribution in [2.24, 2.45) is 0 Å². The Morgan fingerprint density at radius 1 is 1.28 bits per heavy atom. The fourth-order valence-electron chi connectivity index (χ4n) is 1.59. The summed E-state index contributed by atoms with van der Waals surface area (Å²) in [7, 11) is 0. The molecule has 1 heterocycles. The maximum atomic E-state index is 11.8. The van der Waals surface area contributed by atoms with E-state index in [1.165, 1.54) is 0 Å². The molecule has 18 heavy (non-hydrogen) atoms. The van der Waals surface area contributed by atoms with E-state index in [2.05, 4.69) is 26.2 Å². The highest BCUT2D eigenvalue weighted by Crippen LogP contribution is 2.15. The van der Waals surface area contributed by atoms with Crippen LogP contribution in [0.1, 0.15) is 12.0 Å². The molecule has 0 aliphatic rings. The predicted octanol–water partition coefficient (Wildman–Crippen LogP) is 3.42. The molecule has 92 valence electrons. The van der Waals surface area contributed by atoms with Crippen molar-refractivity contribution in [3.05, 3.63) is 58.8 Å². The number of hydrogen-bond acceptors (Lipinski definition) is 2. The van der Waals surface area contributed by atoms with Gasteiger partial charge in [-0.1, -0.05) is 28.1 Å². The Morgan fingerprint density at radius 3 is 2.89 bits per heavy atom. The molecule has 0 saturated carbocycles. The number of aromatic nitrogens is 1. The van der Waals surface area contributed by atoms with Gasteiger partial charge in [0.2, 0.25) is 5.91 Å². The molecule has 3 nitrogen and oxygen atoms in total. The summed E-state index contributed by atoms with van der Waals surface area (Å²) in [5.74, 6) is 0.0111. The number of nitrogens with zero attached hydrogens (tertiary/aromatic N) is 1. The van der Waals surface area contributed by atoms with Gasteiger partial charge in [0, 0.05) is 29.0 Å². The van der Waals surface area contributed by atoms with Gasteiger partial charge in [-0.15, -0.1) is 0 Å². The quantitative estimate of drug-likeness (QED) is 0.940. The van der Waals surface area contributed by atoms with Crippen LogP contribution in [0.5, 0.6) is 0 Å². The summed E-state index contributed by atoms with van der Waals surface area (Å²) in [4.78, 5) is 15.8. The van der Waals surface area contributed by atoms with Crippen LogP contribution in [-0.2, 0) is 11.2 Å². The van der Waals surface area contributed by atoms with E-state index >= 15 is 0 Å². The first kappa shape index (κ1) is 12.8. The van der Waals surface area contributed by atoms with E-state index in [9.17, 15) is 4.79 Å². The van der Waals surface area contributed by atoms with E-state index in [1.807, 2.05) is 36.4 Å². The summed E-state index contributed by atoms with van der Waals surface area (Å²) in [6.45, 7) is 0. The second-order valence-corrected chi connectivity index (χ2v) is 4.84. The van der Waals surface area contributed by atoms with Crippen LogP contribution in [0, 0.1) is 0 Å². The maximum Gasteiger partial charge on any atom is 0.224 e. The van der Waals surface area contributed by atoms with Crippen LogP contribution in [0.25, 0.3) is 0 Å². The van der Waals surface area contributed by atoms with Gasteiger partial charge in [-0.2, -0.15) is 0 Å². The van der Waals surface area contributed by atoms with Crippen molar-refractivity contribution < 1.29 is 4.79 Å². The van der Waals surface area contributed by atoms with Crippen molar-refractivity contribution in [1.82, 2.24) is 4.98 Å². The number of aryl methyl sites for hydroxylation is 1. The molecule has 0 bridgehead atoms. The minimum Gasteiger partial charge on any atom is -0.326 e. The third kappa shape index (κ3) is 3.96. The van der Waals surface area contributed by atoms with Gasteiger partial charge in [0.25, 0.3) is 0 Å². The van der Waals surface area contributed by atoms with Crippen molar-refractivity contribution in [1.29, 1.82) is 0 Å². The zero-order chi connectivity index (χ0) is 12.8. The Kier molecular flexibility index (Phi) is 4.47. The first-order valence-corrected chi connectivity index (χ1v) is 6.47. The molecule has 0 saturated heterocycles. The molecular weight excluding hydrogens is 292 g/mol. The molecule has 0 fully saturated rings. The Balaban J connectivity index is 1.86. The number of benzene rings is 1. The Bertz CT molecular complexity index is 528. The zero-order valence-corrected chi connectivity index (χ0v) is 11.4. The SMILES string of the molecule is O=C(CCc1cccnc1)Nc1cccc(Br)c1. The number of halogens is 1. The van der Waals surface area contributed by atoms with Gasteiger partial charge in [-0.25, -0.2) is 0 Å². The molecule has 1 aromatic carbocycles. The first-order valence-electron chi connectivity index (χ1n) is 5.68. The van der Waals surface area contributed by atoms with E-state index in [4.69, 9.17) is 0 Å². The lowest BCUT2D eigenvalue weighted by Gasteiger charge is -2.05. The van der Waals surface area contributed by atoms with E-state index < -0.39 is 0 Å². The van der Waals surface area contributed by atoms with Crippen LogP contribution in [0.15, 0.2) is 53.3 Å². The molecule has 1 N–H and O–H groups in total. The lowest BCUT2D eigenvalue weighted by molar-refractivity contribution is -0.116. The number of nitrogens with one attached hydrogen (secondary N) is 1. The van der Waals surface area contributed by atoms with Gasteiger partial charge >= 0.3 is 0 Å². The topological polar surface area (TPSA) is 42.0 Å². The second-order valence-electron chi connectivity index (χ2n) is 3.92. The number of hydrogen-bond donors (Lipinski definition) is 1. The highest BCUT2D eigenvalue weighted by atomic mass is 79.9. The summed E-state index contributed by atoms with van der Waals surface area (Å²) >= 11 is 3.37. The molecular formula is C14H13BrN2O. The van der Waals surface area contributed by atoms with Gasteiger partial charge in [0.05, 0.1) is 0 Å². The normalized spacial score (nSPS) is 10.1. The van der Waals surface area contributed by atoms with Crippen LogP contribution in [0.2, 0.25) is 0 Å². The fraction of sp³-hybridized carbons (Fsp3) is 0.143. The molecule has 2 aromatic rings. The third-order valence-electron chi connectivity index (χ3n) is 2.47. The molecule has 0 radical (unpaired) electrons. The predicted molar refractivity (Wildman–Crippen MR) is 75.3 cm³/mol. The maximum absolute atomic E-state index is 11.8. The highest BCUT2D eigenvalue weighted by Gasteiger charge is 2.03. The summed E-state index contributed by atoms with van der Waals surface area (Å²) in [5, 5.41) is 2.86. The number of carbonyl (C=O) groups is 1. The Morgan fingerprint density at radius 2 is 2.17 bits per heavy atom. The van der Waals surface area contributed by atoms with Crippen molar-refractivity contribution >= 4 is 27.5 Å². The number of amides is 1. The van der Waals surface area contributed by atoms with Crippen molar-refractivity contribution in [3.8, 4) is 0 Å². The lowest BCUT2D eigenvalue weighted by Crippen LogP contribution is -2.12. The van der Waals surface area contributed by atoms with Gasteiger partial charge in [-0.05, 0) is 36.2 Å². The monoisotopic (exact) mass is 304 g/mol.